The topological polar surface area (TPSA) is 61.6 Å². The molecular formula is C15H10N4S. The predicted octanol–water partition coefficient (Wildman–Crippen LogP) is 3.67. The number of allylic oxidation sites excluding steroid dienone is 1. The van der Waals surface area contributed by atoms with E-state index in [0.717, 1.165) is 10.2 Å². The highest BCUT2D eigenvalue weighted by atomic mass is 32.1. The molecule has 0 bridgehead atoms. The first-order valence-corrected chi connectivity index (χ1v) is 6.82. The van der Waals surface area contributed by atoms with Crippen molar-refractivity contribution in [3.05, 3.63) is 59.9 Å². The molecule has 2 aromatic heterocycles. The lowest BCUT2D eigenvalue weighted by atomic mass is 10.3. The average molecular weight is 278 g/mol. The molecule has 0 saturated heterocycles. The van der Waals surface area contributed by atoms with Crippen molar-refractivity contribution in [2.24, 2.45) is 0 Å². The predicted molar refractivity (Wildman–Crippen MR) is 81.1 cm³/mol. The third-order valence-corrected chi connectivity index (χ3v) is 3.74. The number of pyridine rings is 1. The van der Waals surface area contributed by atoms with Crippen LogP contribution in [-0.4, -0.2) is 9.97 Å². The fourth-order valence-corrected chi connectivity index (χ4v) is 2.66. The van der Waals surface area contributed by atoms with Crippen molar-refractivity contribution in [1.29, 1.82) is 5.26 Å². The second kappa shape index (κ2) is 5.51. The van der Waals surface area contributed by atoms with E-state index in [-0.39, 0.29) is 0 Å². The average Bonchev–Trinajstić information content (AvgIpc) is 2.92. The van der Waals surface area contributed by atoms with Crippen molar-refractivity contribution in [1.82, 2.24) is 9.97 Å². The van der Waals surface area contributed by atoms with Crippen LogP contribution in [0.1, 0.15) is 5.01 Å². The molecule has 96 valence electrons. The molecule has 3 aromatic rings. The van der Waals surface area contributed by atoms with Gasteiger partial charge in [0.15, 0.2) is 0 Å². The van der Waals surface area contributed by atoms with Gasteiger partial charge in [0.2, 0.25) is 0 Å². The summed E-state index contributed by atoms with van der Waals surface area (Å²) in [5.74, 6) is 0.696. The summed E-state index contributed by atoms with van der Waals surface area (Å²) < 4.78 is 1.07. The lowest BCUT2D eigenvalue weighted by Gasteiger charge is -1.98. The molecule has 0 radical (unpaired) electrons. The van der Waals surface area contributed by atoms with Gasteiger partial charge in [0.05, 0.1) is 10.2 Å². The summed E-state index contributed by atoms with van der Waals surface area (Å²) in [6, 6.07) is 15.6. The summed E-state index contributed by atoms with van der Waals surface area (Å²) in [5.41, 5.74) is 1.41. The van der Waals surface area contributed by atoms with E-state index in [9.17, 15) is 5.26 Å². The molecular weight excluding hydrogens is 268 g/mol. The molecule has 0 aliphatic heterocycles. The van der Waals surface area contributed by atoms with Crippen LogP contribution in [0, 0.1) is 11.3 Å². The number of benzene rings is 1. The van der Waals surface area contributed by atoms with Crippen LogP contribution in [0.2, 0.25) is 0 Å². The van der Waals surface area contributed by atoms with Crippen molar-refractivity contribution < 1.29 is 0 Å². The van der Waals surface area contributed by atoms with E-state index in [1.807, 2.05) is 42.5 Å². The molecule has 20 heavy (non-hydrogen) atoms. The molecule has 0 atom stereocenters. The van der Waals surface area contributed by atoms with Crippen molar-refractivity contribution in [3.63, 3.8) is 0 Å². The van der Waals surface area contributed by atoms with E-state index in [0.29, 0.717) is 16.4 Å². The Morgan fingerprint density at radius 3 is 2.80 bits per heavy atom. The van der Waals surface area contributed by atoms with Gasteiger partial charge in [-0.1, -0.05) is 18.2 Å². The number of para-hydroxylation sites is 1. The van der Waals surface area contributed by atoms with Crippen LogP contribution in [0.3, 0.4) is 0 Å². The number of thiazole rings is 1. The number of nitriles is 1. The molecule has 2 heterocycles. The fourth-order valence-electron chi connectivity index (χ4n) is 1.72. The smallest absolute Gasteiger partial charge is 0.136 e. The molecule has 0 unspecified atom stereocenters. The van der Waals surface area contributed by atoms with Gasteiger partial charge in [-0.2, -0.15) is 5.26 Å². The first-order valence-electron chi connectivity index (χ1n) is 6.00. The minimum Gasteiger partial charge on any atom is -0.345 e. The molecule has 0 spiro atoms. The second-order valence-electron chi connectivity index (χ2n) is 4.02. The largest absolute Gasteiger partial charge is 0.345 e. The number of hydrogen-bond donors (Lipinski definition) is 1. The molecule has 0 aliphatic carbocycles. The van der Waals surface area contributed by atoms with Crippen LogP contribution >= 0.6 is 11.3 Å². The Labute approximate surface area is 120 Å². The Morgan fingerprint density at radius 1 is 1.20 bits per heavy atom. The van der Waals surface area contributed by atoms with E-state index >= 15 is 0 Å². The van der Waals surface area contributed by atoms with Crippen molar-refractivity contribution in [3.8, 4) is 6.07 Å². The highest BCUT2D eigenvalue weighted by molar-refractivity contribution is 7.19. The fraction of sp³-hybridized carbons (Fsp3) is 0. The van der Waals surface area contributed by atoms with E-state index < -0.39 is 0 Å². The lowest BCUT2D eigenvalue weighted by Crippen LogP contribution is -1.92. The highest BCUT2D eigenvalue weighted by Gasteiger charge is 2.08. The maximum atomic E-state index is 9.27. The third kappa shape index (κ3) is 2.51. The number of rotatable bonds is 3. The Morgan fingerprint density at radius 2 is 2.05 bits per heavy atom. The zero-order valence-corrected chi connectivity index (χ0v) is 11.3. The minimum atomic E-state index is 0.497. The minimum absolute atomic E-state index is 0.497. The van der Waals surface area contributed by atoms with Crippen LogP contribution in [0.5, 0.6) is 0 Å². The van der Waals surface area contributed by atoms with Crippen molar-refractivity contribution >= 4 is 32.9 Å². The first kappa shape index (κ1) is 12.3. The summed E-state index contributed by atoms with van der Waals surface area (Å²) in [4.78, 5) is 8.60. The normalized spacial score (nSPS) is 11.2. The monoisotopic (exact) mass is 278 g/mol. The van der Waals surface area contributed by atoms with Gasteiger partial charge in [-0.3, -0.25) is 0 Å². The first-order chi connectivity index (χ1) is 9.86. The van der Waals surface area contributed by atoms with Crippen LogP contribution < -0.4 is 5.32 Å². The van der Waals surface area contributed by atoms with Gasteiger partial charge in [0.25, 0.3) is 0 Å². The van der Waals surface area contributed by atoms with E-state index in [1.165, 1.54) is 11.3 Å². The molecule has 5 heteroatoms. The van der Waals surface area contributed by atoms with E-state index in [2.05, 4.69) is 21.4 Å². The number of hydrogen-bond acceptors (Lipinski definition) is 5. The van der Waals surface area contributed by atoms with Gasteiger partial charge >= 0.3 is 0 Å². The number of nitrogens with zero attached hydrogens (tertiary/aromatic N) is 3. The lowest BCUT2D eigenvalue weighted by molar-refractivity contribution is 1.31. The summed E-state index contributed by atoms with van der Waals surface area (Å²) in [7, 11) is 0. The Bertz CT molecular complexity index is 766. The molecule has 0 amide bonds. The van der Waals surface area contributed by atoms with E-state index in [4.69, 9.17) is 0 Å². The molecule has 1 N–H and O–H groups in total. The molecule has 1 aromatic carbocycles. The summed E-state index contributed by atoms with van der Waals surface area (Å²) in [6.45, 7) is 0. The molecule has 4 nitrogen and oxygen atoms in total. The van der Waals surface area contributed by atoms with Gasteiger partial charge in [-0.05, 0) is 24.3 Å². The van der Waals surface area contributed by atoms with Crippen molar-refractivity contribution in [2.75, 3.05) is 5.32 Å². The molecule has 0 fully saturated rings. The molecule has 0 saturated carbocycles. The van der Waals surface area contributed by atoms with Gasteiger partial charge in [-0.15, -0.1) is 11.3 Å². The van der Waals surface area contributed by atoms with Gasteiger partial charge < -0.3 is 5.32 Å². The molecule has 3 rings (SSSR count). The SMILES string of the molecule is N#C/C(=C\Nc1ccccn1)c1nc2ccccc2s1. The second-order valence-corrected chi connectivity index (χ2v) is 5.05. The number of nitrogens with one attached hydrogen (secondary N) is 1. The summed E-state index contributed by atoms with van der Waals surface area (Å²) in [5, 5.41) is 13.0. The Kier molecular flexibility index (Phi) is 3.40. The standard InChI is InChI=1S/C15H10N4S/c16-9-11(10-18-14-7-3-4-8-17-14)15-19-12-5-1-2-6-13(12)20-15/h1-8,10H,(H,17,18)/b11-10+. The Balaban J connectivity index is 1.91. The van der Waals surface area contributed by atoms with Crippen LogP contribution in [-0.2, 0) is 0 Å². The summed E-state index contributed by atoms with van der Waals surface area (Å²) >= 11 is 1.50. The highest BCUT2D eigenvalue weighted by Crippen LogP contribution is 2.26. The van der Waals surface area contributed by atoms with Crippen LogP contribution in [0.4, 0.5) is 5.82 Å². The van der Waals surface area contributed by atoms with Crippen LogP contribution in [0.15, 0.2) is 54.9 Å². The zero-order valence-electron chi connectivity index (χ0n) is 10.4. The third-order valence-electron chi connectivity index (χ3n) is 2.67. The maximum absolute atomic E-state index is 9.27. The number of fused-ring (bicyclic) bond motifs is 1. The van der Waals surface area contributed by atoms with Crippen molar-refractivity contribution in [2.45, 2.75) is 0 Å². The Hall–Kier alpha value is -2.71. The van der Waals surface area contributed by atoms with Gasteiger partial charge in [-0.25, -0.2) is 9.97 Å². The van der Waals surface area contributed by atoms with Gasteiger partial charge in [0, 0.05) is 12.4 Å². The maximum Gasteiger partial charge on any atom is 0.136 e. The quantitative estimate of drug-likeness (QED) is 0.742. The van der Waals surface area contributed by atoms with E-state index in [1.54, 1.807) is 12.4 Å². The molecule has 0 aliphatic rings. The zero-order chi connectivity index (χ0) is 13.8. The number of anilines is 1. The number of aromatic nitrogens is 2. The van der Waals surface area contributed by atoms with Gasteiger partial charge in [0.1, 0.15) is 22.5 Å². The summed E-state index contributed by atoms with van der Waals surface area (Å²) in [6.07, 6.45) is 3.33. The van der Waals surface area contributed by atoms with Crippen LogP contribution in [0.25, 0.3) is 15.8 Å².